The van der Waals surface area contributed by atoms with Crippen LogP contribution in [-0.4, -0.2) is 20.9 Å². The molecule has 4 heteroatoms. The maximum absolute atomic E-state index is 12.1. The fourth-order valence-corrected chi connectivity index (χ4v) is 2.23. The smallest absolute Gasteiger partial charge is 0.183 e. The van der Waals surface area contributed by atoms with Gasteiger partial charge in [-0.05, 0) is 32.1 Å². The first-order valence-corrected chi connectivity index (χ1v) is 7.28. The lowest BCUT2D eigenvalue weighted by molar-refractivity contribution is 0.0960. The molecule has 1 N–H and O–H groups in total. The van der Waals surface area contributed by atoms with Gasteiger partial charge in [0.15, 0.2) is 5.78 Å². The van der Waals surface area contributed by atoms with Gasteiger partial charge >= 0.3 is 0 Å². The Morgan fingerprint density at radius 2 is 1.65 bits per heavy atom. The summed E-state index contributed by atoms with van der Waals surface area (Å²) in [4.78, 5) is 20.9. The summed E-state index contributed by atoms with van der Waals surface area (Å²) in [5.74, 6) is 0.710. The van der Waals surface area contributed by atoms with Crippen molar-refractivity contribution in [2.45, 2.75) is 60.5 Å². The number of ketones is 1. The summed E-state index contributed by atoms with van der Waals surface area (Å²) in [6, 6.07) is 0. The first-order chi connectivity index (χ1) is 9.22. The highest BCUT2D eigenvalue weighted by Crippen LogP contribution is 2.23. The van der Waals surface area contributed by atoms with Gasteiger partial charge in [0.1, 0.15) is 5.69 Å². The van der Waals surface area contributed by atoms with Crippen LogP contribution in [0.25, 0.3) is 0 Å². The quantitative estimate of drug-likeness (QED) is 0.810. The van der Waals surface area contributed by atoms with Crippen LogP contribution in [0, 0.1) is 25.7 Å². The number of carbonyl (C=O) groups excluding carboxylic acids is 1. The number of carbonyl (C=O) groups is 1. The van der Waals surface area contributed by atoms with Gasteiger partial charge in [0.05, 0.1) is 23.2 Å². The van der Waals surface area contributed by atoms with Crippen molar-refractivity contribution >= 4 is 5.78 Å². The molecule has 4 nitrogen and oxygen atoms in total. The predicted molar refractivity (Wildman–Crippen MR) is 79.7 cm³/mol. The molecule has 0 radical (unpaired) electrons. The Hall–Kier alpha value is -1.29. The highest BCUT2D eigenvalue weighted by atomic mass is 16.3. The van der Waals surface area contributed by atoms with E-state index in [2.05, 4.69) is 23.8 Å². The third-order valence-electron chi connectivity index (χ3n) is 3.15. The molecule has 1 heterocycles. The van der Waals surface area contributed by atoms with E-state index in [-0.39, 0.29) is 5.78 Å². The lowest BCUT2D eigenvalue weighted by Crippen LogP contribution is -2.15. The second-order valence-electron chi connectivity index (χ2n) is 6.29. The Labute approximate surface area is 121 Å². The Morgan fingerprint density at radius 3 is 2.15 bits per heavy atom. The number of hydrogen-bond donors (Lipinski definition) is 1. The third kappa shape index (κ3) is 4.37. The lowest BCUT2D eigenvalue weighted by Gasteiger charge is -2.16. The summed E-state index contributed by atoms with van der Waals surface area (Å²) in [5, 5.41) is 10.2. The number of hydrogen-bond acceptors (Lipinski definition) is 4. The molecule has 0 spiro atoms. The van der Waals surface area contributed by atoms with E-state index in [0.717, 1.165) is 0 Å². The first kappa shape index (κ1) is 16.8. The van der Waals surface area contributed by atoms with Gasteiger partial charge < -0.3 is 5.11 Å². The van der Waals surface area contributed by atoms with Crippen molar-refractivity contribution in [1.29, 1.82) is 0 Å². The summed E-state index contributed by atoms with van der Waals surface area (Å²) in [5.41, 5.74) is 2.30. The van der Waals surface area contributed by atoms with Gasteiger partial charge in [-0.15, -0.1) is 0 Å². The number of rotatable bonds is 6. The molecule has 0 saturated heterocycles. The van der Waals surface area contributed by atoms with Crippen molar-refractivity contribution in [2.75, 3.05) is 0 Å². The Kier molecular flexibility index (Phi) is 5.81. The van der Waals surface area contributed by atoms with Crippen LogP contribution in [0.5, 0.6) is 0 Å². The molecule has 112 valence electrons. The van der Waals surface area contributed by atoms with Crippen LogP contribution in [0.15, 0.2) is 0 Å². The SMILES string of the molecule is Cc1nc(C(O)CC(C)C)c(C)nc1C(=O)CC(C)C. The van der Waals surface area contributed by atoms with E-state index in [1.54, 1.807) is 13.8 Å². The minimum absolute atomic E-state index is 0.0259. The summed E-state index contributed by atoms with van der Waals surface area (Å²) in [6.07, 6.45) is 0.507. The third-order valence-corrected chi connectivity index (χ3v) is 3.15. The van der Waals surface area contributed by atoms with Gasteiger partial charge in [0.2, 0.25) is 0 Å². The molecular formula is C16H26N2O2. The van der Waals surface area contributed by atoms with Gasteiger partial charge in [0.25, 0.3) is 0 Å². The predicted octanol–water partition coefficient (Wildman–Crippen LogP) is 3.40. The largest absolute Gasteiger partial charge is 0.387 e. The number of aliphatic hydroxyl groups excluding tert-OH is 1. The fraction of sp³-hybridized carbons (Fsp3) is 0.688. The molecule has 1 rings (SSSR count). The maximum atomic E-state index is 12.1. The zero-order valence-electron chi connectivity index (χ0n) is 13.4. The van der Waals surface area contributed by atoms with E-state index < -0.39 is 6.10 Å². The van der Waals surface area contributed by atoms with Gasteiger partial charge in [-0.25, -0.2) is 4.98 Å². The molecule has 1 unspecified atom stereocenters. The minimum atomic E-state index is -0.615. The van der Waals surface area contributed by atoms with Crippen molar-refractivity contribution in [1.82, 2.24) is 9.97 Å². The molecule has 0 bridgehead atoms. The Balaban J connectivity index is 3.05. The number of aliphatic hydroxyl groups is 1. The molecular weight excluding hydrogens is 252 g/mol. The van der Waals surface area contributed by atoms with Crippen LogP contribution in [-0.2, 0) is 0 Å². The fourth-order valence-electron chi connectivity index (χ4n) is 2.23. The van der Waals surface area contributed by atoms with Crippen molar-refractivity contribution in [3.63, 3.8) is 0 Å². The number of nitrogens with zero attached hydrogens (tertiary/aromatic N) is 2. The normalized spacial score (nSPS) is 13.1. The van der Waals surface area contributed by atoms with Crippen LogP contribution in [0.2, 0.25) is 0 Å². The van der Waals surface area contributed by atoms with Crippen LogP contribution in [0.3, 0.4) is 0 Å². The summed E-state index contributed by atoms with van der Waals surface area (Å²) in [7, 11) is 0. The zero-order chi connectivity index (χ0) is 15.4. The van der Waals surface area contributed by atoms with Crippen LogP contribution >= 0.6 is 0 Å². The van der Waals surface area contributed by atoms with Crippen molar-refractivity contribution in [2.24, 2.45) is 11.8 Å². The van der Waals surface area contributed by atoms with Gasteiger partial charge in [-0.3, -0.25) is 9.78 Å². The summed E-state index contributed by atoms with van der Waals surface area (Å²) >= 11 is 0. The Morgan fingerprint density at radius 1 is 1.05 bits per heavy atom. The number of Topliss-reactive ketones (excluding diaryl/α,β-unsaturated/α-hetero) is 1. The van der Waals surface area contributed by atoms with E-state index in [4.69, 9.17) is 0 Å². The number of aryl methyl sites for hydroxylation is 2. The topological polar surface area (TPSA) is 63.1 Å². The molecule has 1 aromatic heterocycles. The first-order valence-electron chi connectivity index (χ1n) is 7.28. The monoisotopic (exact) mass is 278 g/mol. The maximum Gasteiger partial charge on any atom is 0.183 e. The van der Waals surface area contributed by atoms with Crippen LogP contribution in [0.1, 0.15) is 74.2 Å². The van der Waals surface area contributed by atoms with E-state index in [9.17, 15) is 9.90 Å². The minimum Gasteiger partial charge on any atom is -0.387 e. The van der Waals surface area contributed by atoms with Gasteiger partial charge in [-0.2, -0.15) is 0 Å². The lowest BCUT2D eigenvalue weighted by atomic mass is 10.0. The van der Waals surface area contributed by atoms with Gasteiger partial charge in [0, 0.05) is 6.42 Å². The highest BCUT2D eigenvalue weighted by Gasteiger charge is 2.20. The van der Waals surface area contributed by atoms with E-state index in [0.29, 0.717) is 47.5 Å². The zero-order valence-corrected chi connectivity index (χ0v) is 13.4. The van der Waals surface area contributed by atoms with E-state index >= 15 is 0 Å². The van der Waals surface area contributed by atoms with E-state index in [1.807, 2.05) is 13.8 Å². The second-order valence-corrected chi connectivity index (χ2v) is 6.29. The second kappa shape index (κ2) is 6.93. The van der Waals surface area contributed by atoms with Crippen molar-refractivity contribution < 1.29 is 9.90 Å². The van der Waals surface area contributed by atoms with Crippen molar-refractivity contribution in [3.8, 4) is 0 Å². The molecule has 0 fully saturated rings. The molecule has 0 aliphatic heterocycles. The van der Waals surface area contributed by atoms with Gasteiger partial charge in [-0.1, -0.05) is 27.7 Å². The van der Waals surface area contributed by atoms with Crippen LogP contribution < -0.4 is 0 Å². The molecule has 1 aromatic rings. The highest BCUT2D eigenvalue weighted by molar-refractivity contribution is 5.95. The standard InChI is InChI=1S/C16H26N2O2/c1-9(2)7-13(19)15-11(5)18-16(12(6)17-15)14(20)8-10(3)4/h9-10,13,19H,7-8H2,1-6H3. The Bertz CT molecular complexity index is 482. The average molecular weight is 278 g/mol. The number of aromatic nitrogens is 2. The molecule has 0 aliphatic rings. The molecule has 20 heavy (non-hydrogen) atoms. The molecule has 1 atom stereocenters. The van der Waals surface area contributed by atoms with Crippen LogP contribution in [0.4, 0.5) is 0 Å². The van der Waals surface area contributed by atoms with Crippen molar-refractivity contribution in [3.05, 3.63) is 22.8 Å². The molecule has 0 saturated carbocycles. The summed E-state index contributed by atoms with van der Waals surface area (Å²) in [6.45, 7) is 11.7. The summed E-state index contributed by atoms with van der Waals surface area (Å²) < 4.78 is 0. The van der Waals surface area contributed by atoms with E-state index in [1.165, 1.54) is 0 Å². The average Bonchev–Trinajstić information content (AvgIpc) is 2.29. The molecule has 0 aliphatic carbocycles. The molecule has 0 amide bonds. The molecule has 0 aromatic carbocycles.